The third-order valence-electron chi connectivity index (χ3n) is 6.06. The molecule has 2 aromatic carbocycles. The first-order chi connectivity index (χ1) is 17.0. The number of rotatable bonds is 11. The molecular formula is C25H35N3O6S2. The van der Waals surface area contributed by atoms with Crippen LogP contribution in [-0.4, -0.2) is 65.6 Å². The number of aryl methyl sites for hydroxylation is 1. The van der Waals surface area contributed by atoms with Crippen LogP contribution >= 0.6 is 0 Å². The first-order valence-electron chi connectivity index (χ1n) is 12.1. The van der Waals surface area contributed by atoms with Gasteiger partial charge in [-0.05, 0) is 62.6 Å². The summed E-state index contributed by atoms with van der Waals surface area (Å²) in [4.78, 5) is 13.1. The van der Waals surface area contributed by atoms with Crippen LogP contribution in [0.1, 0.15) is 38.2 Å². The number of amides is 1. The number of sulfonamides is 2. The Morgan fingerprint density at radius 2 is 1.61 bits per heavy atom. The minimum atomic E-state index is -3.70. The zero-order valence-electron chi connectivity index (χ0n) is 21.0. The molecule has 9 nitrogen and oxygen atoms in total. The van der Waals surface area contributed by atoms with Gasteiger partial charge in [0.25, 0.3) is 0 Å². The Bertz CT molecular complexity index is 1220. The number of carbonyl (C=O) groups is 1. The fraction of sp³-hybridized carbons (Fsp3) is 0.480. The summed E-state index contributed by atoms with van der Waals surface area (Å²) in [5.74, 6) is 0.0568. The first kappa shape index (κ1) is 27.9. The van der Waals surface area contributed by atoms with Gasteiger partial charge in [0.05, 0.1) is 23.4 Å². The van der Waals surface area contributed by atoms with Crippen LogP contribution in [0, 0.1) is 6.92 Å². The zero-order chi connectivity index (χ0) is 26.3. The zero-order valence-corrected chi connectivity index (χ0v) is 22.6. The number of anilines is 1. The number of hydrogen-bond donors (Lipinski definition) is 1. The minimum absolute atomic E-state index is 0.143. The average molecular weight is 538 g/mol. The summed E-state index contributed by atoms with van der Waals surface area (Å²) in [5, 5.41) is 2.74. The lowest BCUT2D eigenvalue weighted by atomic mass is 10.1. The van der Waals surface area contributed by atoms with Crippen molar-refractivity contribution in [3.8, 4) is 5.75 Å². The van der Waals surface area contributed by atoms with Crippen molar-refractivity contribution in [3.63, 3.8) is 0 Å². The topological polar surface area (TPSA) is 113 Å². The SMILES string of the molecule is CCC(C(=O)NCCOc1ccc(S(=O)(=O)N2CCCCC2)cc1)N(c1ccc(C)cc1)S(C)(=O)=O. The maximum atomic E-state index is 12.9. The quantitative estimate of drug-likeness (QED) is 0.441. The molecule has 1 N–H and O–H groups in total. The Morgan fingerprint density at radius 3 is 2.17 bits per heavy atom. The predicted octanol–water partition coefficient (Wildman–Crippen LogP) is 2.91. The molecule has 1 saturated heterocycles. The van der Waals surface area contributed by atoms with Gasteiger partial charge in [-0.2, -0.15) is 4.31 Å². The van der Waals surface area contributed by atoms with Gasteiger partial charge in [0.2, 0.25) is 26.0 Å². The second-order valence-corrected chi connectivity index (χ2v) is 12.7. The summed E-state index contributed by atoms with van der Waals surface area (Å²) in [5.41, 5.74) is 1.42. The van der Waals surface area contributed by atoms with Crippen LogP contribution in [-0.2, 0) is 24.8 Å². The van der Waals surface area contributed by atoms with Crippen LogP contribution in [0.4, 0.5) is 5.69 Å². The molecule has 1 fully saturated rings. The summed E-state index contributed by atoms with van der Waals surface area (Å²) < 4.78 is 58.9. The molecule has 1 atom stereocenters. The fourth-order valence-electron chi connectivity index (χ4n) is 4.18. The van der Waals surface area contributed by atoms with E-state index < -0.39 is 32.0 Å². The highest BCUT2D eigenvalue weighted by atomic mass is 32.2. The summed E-state index contributed by atoms with van der Waals surface area (Å²) in [6, 6.07) is 12.3. The van der Waals surface area contributed by atoms with Crippen LogP contribution < -0.4 is 14.4 Å². The molecule has 36 heavy (non-hydrogen) atoms. The number of benzene rings is 2. The maximum Gasteiger partial charge on any atom is 0.244 e. The van der Waals surface area contributed by atoms with Crippen molar-refractivity contribution in [3.05, 3.63) is 54.1 Å². The van der Waals surface area contributed by atoms with Gasteiger partial charge in [-0.3, -0.25) is 9.10 Å². The number of nitrogens with zero attached hydrogens (tertiary/aromatic N) is 2. The number of carbonyl (C=O) groups excluding carboxylic acids is 1. The molecule has 0 radical (unpaired) electrons. The average Bonchev–Trinajstić information content (AvgIpc) is 2.86. The van der Waals surface area contributed by atoms with Gasteiger partial charge in [-0.1, -0.05) is 31.0 Å². The number of piperidine rings is 1. The van der Waals surface area contributed by atoms with Crippen molar-refractivity contribution < 1.29 is 26.4 Å². The highest BCUT2D eigenvalue weighted by molar-refractivity contribution is 7.92. The van der Waals surface area contributed by atoms with E-state index in [-0.39, 0.29) is 18.0 Å². The van der Waals surface area contributed by atoms with Crippen LogP contribution in [0.2, 0.25) is 0 Å². The van der Waals surface area contributed by atoms with E-state index in [1.807, 2.05) is 6.92 Å². The number of hydrogen-bond acceptors (Lipinski definition) is 6. The Labute approximate surface area is 214 Å². The monoisotopic (exact) mass is 537 g/mol. The van der Waals surface area contributed by atoms with Crippen molar-refractivity contribution >= 4 is 31.6 Å². The largest absolute Gasteiger partial charge is 0.492 e. The van der Waals surface area contributed by atoms with E-state index in [9.17, 15) is 21.6 Å². The lowest BCUT2D eigenvalue weighted by Crippen LogP contribution is -2.50. The van der Waals surface area contributed by atoms with Crippen LogP contribution in [0.25, 0.3) is 0 Å². The predicted molar refractivity (Wildman–Crippen MR) is 140 cm³/mol. The Kier molecular flexibility index (Phi) is 9.37. The third kappa shape index (κ3) is 6.98. The van der Waals surface area contributed by atoms with Gasteiger partial charge in [0.1, 0.15) is 18.4 Å². The smallest absolute Gasteiger partial charge is 0.244 e. The van der Waals surface area contributed by atoms with Gasteiger partial charge >= 0.3 is 0 Å². The van der Waals surface area contributed by atoms with E-state index in [1.165, 1.54) is 16.4 Å². The van der Waals surface area contributed by atoms with Gasteiger partial charge < -0.3 is 10.1 Å². The second-order valence-electron chi connectivity index (χ2n) is 8.89. The maximum absolute atomic E-state index is 12.9. The summed E-state index contributed by atoms with van der Waals surface area (Å²) in [6.07, 6.45) is 4.17. The molecule has 0 aliphatic carbocycles. The summed E-state index contributed by atoms with van der Waals surface area (Å²) >= 11 is 0. The first-order valence-corrected chi connectivity index (χ1v) is 15.4. The van der Waals surface area contributed by atoms with Gasteiger partial charge in [0, 0.05) is 13.1 Å². The molecule has 1 amide bonds. The lowest BCUT2D eigenvalue weighted by molar-refractivity contribution is -0.122. The molecule has 0 spiro atoms. The van der Waals surface area contributed by atoms with Crippen molar-refractivity contribution in [2.45, 2.75) is 50.5 Å². The minimum Gasteiger partial charge on any atom is -0.492 e. The number of nitrogens with one attached hydrogen (secondary N) is 1. The Morgan fingerprint density at radius 1 is 1.00 bits per heavy atom. The highest BCUT2D eigenvalue weighted by Crippen LogP contribution is 2.24. The van der Waals surface area contributed by atoms with Gasteiger partial charge in [0.15, 0.2) is 0 Å². The molecule has 0 aromatic heterocycles. The van der Waals surface area contributed by atoms with Crippen molar-refractivity contribution in [2.24, 2.45) is 0 Å². The van der Waals surface area contributed by atoms with Gasteiger partial charge in [-0.15, -0.1) is 0 Å². The van der Waals surface area contributed by atoms with Crippen LogP contribution in [0.3, 0.4) is 0 Å². The number of ether oxygens (including phenoxy) is 1. The van der Waals surface area contributed by atoms with Gasteiger partial charge in [-0.25, -0.2) is 16.8 Å². The van der Waals surface area contributed by atoms with Crippen LogP contribution in [0.5, 0.6) is 5.75 Å². The molecule has 1 heterocycles. The lowest BCUT2D eigenvalue weighted by Gasteiger charge is -2.30. The molecule has 198 valence electrons. The molecule has 1 unspecified atom stereocenters. The van der Waals surface area contributed by atoms with E-state index in [4.69, 9.17) is 4.74 Å². The molecule has 1 aliphatic rings. The molecule has 2 aromatic rings. The Balaban J connectivity index is 1.56. The highest BCUT2D eigenvalue weighted by Gasteiger charge is 2.31. The molecule has 0 bridgehead atoms. The molecule has 1 aliphatic heterocycles. The molecular weight excluding hydrogens is 502 g/mol. The molecule has 3 rings (SSSR count). The fourth-order valence-corrected chi connectivity index (χ4v) is 6.90. The Hall–Kier alpha value is -2.63. The van der Waals surface area contributed by atoms with E-state index in [1.54, 1.807) is 43.3 Å². The van der Waals surface area contributed by atoms with E-state index in [2.05, 4.69) is 5.32 Å². The van der Waals surface area contributed by atoms with Crippen molar-refractivity contribution in [2.75, 3.05) is 36.8 Å². The normalized spacial score (nSPS) is 15.8. The van der Waals surface area contributed by atoms with Crippen molar-refractivity contribution in [1.29, 1.82) is 0 Å². The van der Waals surface area contributed by atoms with Crippen molar-refractivity contribution in [1.82, 2.24) is 9.62 Å². The summed E-state index contributed by atoms with van der Waals surface area (Å²) in [7, 11) is -7.20. The van der Waals surface area contributed by atoms with Crippen LogP contribution in [0.15, 0.2) is 53.4 Å². The van der Waals surface area contributed by atoms with E-state index in [0.717, 1.165) is 35.4 Å². The molecule has 11 heteroatoms. The summed E-state index contributed by atoms with van der Waals surface area (Å²) in [6.45, 7) is 5.05. The third-order valence-corrected chi connectivity index (χ3v) is 9.16. The van der Waals surface area contributed by atoms with E-state index in [0.29, 0.717) is 30.9 Å². The molecule has 0 saturated carbocycles. The van der Waals surface area contributed by atoms with E-state index >= 15 is 0 Å². The standard InChI is InChI=1S/C25H35N3O6S2/c1-4-24(28(35(3,30)31)21-10-8-20(2)9-11-21)25(29)26-16-19-34-22-12-14-23(15-13-22)36(32,33)27-17-6-5-7-18-27/h8-15,24H,4-7,16-19H2,1-3H3,(H,26,29). The second kappa shape index (κ2) is 12.1.